The van der Waals surface area contributed by atoms with Gasteiger partial charge in [0.15, 0.2) is 5.16 Å². The largest absolute Gasteiger partial charge is 0.462 e. The molecule has 1 saturated carbocycles. The van der Waals surface area contributed by atoms with Crippen LogP contribution in [0.2, 0.25) is 0 Å². The smallest absolute Gasteiger partial charge is 0.341 e. The number of thioether (sulfide) groups is 1. The molecular formula is C19H24N4O3S2. The molecule has 2 aliphatic rings. The minimum Gasteiger partial charge on any atom is -0.462 e. The van der Waals surface area contributed by atoms with Gasteiger partial charge in [-0.3, -0.25) is 4.79 Å². The zero-order valence-electron chi connectivity index (χ0n) is 15.9. The lowest BCUT2D eigenvalue weighted by Gasteiger charge is -2.09. The Hall–Kier alpha value is -1.87. The molecule has 150 valence electrons. The number of nitrogens with one attached hydrogen (secondary N) is 1. The summed E-state index contributed by atoms with van der Waals surface area (Å²) in [6.45, 7) is 3.02. The molecule has 0 atom stereocenters. The standard InChI is InChI=1S/C19H24N4O3S2/c1-2-26-18(25)16-13(12-7-8-12)10-27-17(16)20-15(24)11-28-19-22-21-14-6-4-3-5-9-23(14)19/h10,12H,2-9,11H2,1H3,(H,20,24). The van der Waals surface area contributed by atoms with E-state index in [1.165, 1.54) is 29.5 Å². The first kappa shape index (κ1) is 19.4. The Morgan fingerprint density at radius 3 is 2.96 bits per heavy atom. The van der Waals surface area contributed by atoms with Crippen LogP contribution in [0.4, 0.5) is 5.00 Å². The number of carbonyl (C=O) groups is 2. The predicted molar refractivity (Wildman–Crippen MR) is 109 cm³/mol. The van der Waals surface area contributed by atoms with Crippen molar-refractivity contribution in [3.05, 3.63) is 22.3 Å². The summed E-state index contributed by atoms with van der Waals surface area (Å²) in [6.07, 6.45) is 6.58. The maximum Gasteiger partial charge on any atom is 0.341 e. The van der Waals surface area contributed by atoms with Gasteiger partial charge in [0, 0.05) is 13.0 Å². The Morgan fingerprint density at radius 2 is 2.18 bits per heavy atom. The van der Waals surface area contributed by atoms with Crippen molar-refractivity contribution in [3.63, 3.8) is 0 Å². The molecule has 3 heterocycles. The fourth-order valence-electron chi connectivity index (χ4n) is 3.43. The first-order valence-electron chi connectivity index (χ1n) is 9.80. The lowest BCUT2D eigenvalue weighted by atomic mass is 10.1. The molecule has 0 bridgehead atoms. The lowest BCUT2D eigenvalue weighted by molar-refractivity contribution is -0.113. The third kappa shape index (κ3) is 4.25. The van der Waals surface area contributed by atoms with E-state index in [1.807, 2.05) is 5.38 Å². The number of nitrogens with zero attached hydrogens (tertiary/aromatic N) is 3. The molecule has 0 radical (unpaired) electrons. The van der Waals surface area contributed by atoms with Gasteiger partial charge >= 0.3 is 5.97 Å². The number of aryl methyl sites for hydroxylation is 1. The van der Waals surface area contributed by atoms with Gasteiger partial charge in [0.05, 0.1) is 17.9 Å². The molecule has 1 fully saturated rings. The molecule has 1 aliphatic carbocycles. The zero-order chi connectivity index (χ0) is 19.5. The van der Waals surface area contributed by atoms with E-state index in [2.05, 4.69) is 20.1 Å². The fraction of sp³-hybridized carbons (Fsp3) is 0.579. The summed E-state index contributed by atoms with van der Waals surface area (Å²) in [6, 6.07) is 0. The predicted octanol–water partition coefficient (Wildman–Crippen LogP) is 3.85. The molecule has 1 aliphatic heterocycles. The number of ether oxygens (including phenoxy) is 1. The summed E-state index contributed by atoms with van der Waals surface area (Å²) in [5, 5.41) is 14.8. The van der Waals surface area contributed by atoms with Crippen molar-refractivity contribution in [1.29, 1.82) is 0 Å². The maximum atomic E-state index is 12.5. The topological polar surface area (TPSA) is 86.1 Å². The van der Waals surface area contributed by atoms with Gasteiger partial charge in [0.1, 0.15) is 10.8 Å². The lowest BCUT2D eigenvalue weighted by Crippen LogP contribution is -2.17. The van der Waals surface area contributed by atoms with Crippen LogP contribution >= 0.6 is 23.1 Å². The number of thiophene rings is 1. The first-order chi connectivity index (χ1) is 13.7. The van der Waals surface area contributed by atoms with E-state index in [4.69, 9.17) is 4.74 Å². The third-order valence-electron chi connectivity index (χ3n) is 4.98. The van der Waals surface area contributed by atoms with Gasteiger partial charge in [-0.2, -0.15) is 0 Å². The van der Waals surface area contributed by atoms with Crippen molar-refractivity contribution in [2.24, 2.45) is 0 Å². The van der Waals surface area contributed by atoms with E-state index in [9.17, 15) is 9.59 Å². The summed E-state index contributed by atoms with van der Waals surface area (Å²) in [5.74, 6) is 1.17. The Labute approximate surface area is 172 Å². The number of aromatic nitrogens is 3. The Bertz CT molecular complexity index is 873. The zero-order valence-corrected chi connectivity index (χ0v) is 17.5. The van der Waals surface area contributed by atoms with Crippen LogP contribution in [0.1, 0.15) is 66.7 Å². The average molecular weight is 421 g/mol. The minimum atomic E-state index is -0.351. The molecule has 1 N–H and O–H groups in total. The molecule has 9 heteroatoms. The highest BCUT2D eigenvalue weighted by Gasteiger charge is 2.32. The molecule has 1 amide bonds. The van der Waals surface area contributed by atoms with Crippen LogP contribution in [0.15, 0.2) is 10.5 Å². The summed E-state index contributed by atoms with van der Waals surface area (Å²) in [5.41, 5.74) is 1.54. The third-order valence-corrected chi connectivity index (χ3v) is 6.86. The Morgan fingerprint density at radius 1 is 1.32 bits per heavy atom. The van der Waals surface area contributed by atoms with E-state index < -0.39 is 0 Å². The van der Waals surface area contributed by atoms with Gasteiger partial charge in [0.25, 0.3) is 0 Å². The molecule has 0 saturated heterocycles. The highest BCUT2D eigenvalue weighted by atomic mass is 32.2. The van der Waals surface area contributed by atoms with Crippen molar-refractivity contribution in [1.82, 2.24) is 14.8 Å². The number of hydrogen-bond acceptors (Lipinski definition) is 7. The molecule has 2 aromatic heterocycles. The number of anilines is 1. The number of carbonyl (C=O) groups excluding carboxylic acids is 2. The molecular weight excluding hydrogens is 396 g/mol. The fourth-order valence-corrected chi connectivity index (χ4v) is 5.26. The molecule has 7 nitrogen and oxygen atoms in total. The first-order valence-corrected chi connectivity index (χ1v) is 11.7. The highest BCUT2D eigenvalue weighted by Crippen LogP contribution is 2.46. The summed E-state index contributed by atoms with van der Waals surface area (Å²) >= 11 is 2.79. The number of hydrogen-bond donors (Lipinski definition) is 1. The van der Waals surface area contributed by atoms with Gasteiger partial charge in [0.2, 0.25) is 5.91 Å². The van der Waals surface area contributed by atoms with E-state index in [1.54, 1.807) is 6.92 Å². The van der Waals surface area contributed by atoms with Crippen LogP contribution in [0, 0.1) is 0 Å². The second-order valence-corrected chi connectivity index (χ2v) is 8.91. The summed E-state index contributed by atoms with van der Waals surface area (Å²) in [7, 11) is 0. The van der Waals surface area contributed by atoms with Crippen molar-refractivity contribution < 1.29 is 14.3 Å². The van der Waals surface area contributed by atoms with Gasteiger partial charge in [-0.05, 0) is 49.5 Å². The maximum absolute atomic E-state index is 12.5. The Balaban J connectivity index is 1.42. The van der Waals surface area contributed by atoms with E-state index >= 15 is 0 Å². The van der Waals surface area contributed by atoms with E-state index in [0.29, 0.717) is 23.1 Å². The number of amides is 1. The van der Waals surface area contributed by atoms with Crippen LogP contribution in [-0.2, 0) is 22.5 Å². The van der Waals surface area contributed by atoms with Gasteiger partial charge in [-0.15, -0.1) is 21.5 Å². The average Bonchev–Trinajstić information content (AvgIpc) is 3.40. The number of esters is 1. The minimum absolute atomic E-state index is 0.147. The molecule has 28 heavy (non-hydrogen) atoms. The van der Waals surface area contributed by atoms with Crippen LogP contribution < -0.4 is 5.32 Å². The van der Waals surface area contributed by atoms with Crippen LogP contribution in [-0.4, -0.2) is 39.0 Å². The molecule has 4 rings (SSSR count). The summed E-state index contributed by atoms with van der Waals surface area (Å²) < 4.78 is 7.34. The van der Waals surface area contributed by atoms with Crippen molar-refractivity contribution in [2.75, 3.05) is 17.7 Å². The molecule has 2 aromatic rings. The molecule has 0 spiro atoms. The van der Waals surface area contributed by atoms with E-state index in [0.717, 1.165) is 55.2 Å². The SMILES string of the molecule is CCOC(=O)c1c(C2CC2)csc1NC(=O)CSc1nnc2n1CCCCC2. The number of fused-ring (bicyclic) bond motifs is 1. The van der Waals surface area contributed by atoms with Gasteiger partial charge < -0.3 is 14.6 Å². The van der Waals surface area contributed by atoms with Gasteiger partial charge in [-0.1, -0.05) is 18.2 Å². The van der Waals surface area contributed by atoms with Crippen molar-refractivity contribution >= 4 is 40.0 Å². The van der Waals surface area contributed by atoms with Crippen LogP contribution in [0.5, 0.6) is 0 Å². The Kier molecular flexibility index (Phi) is 6.01. The summed E-state index contributed by atoms with van der Waals surface area (Å²) in [4.78, 5) is 24.9. The second kappa shape index (κ2) is 8.65. The van der Waals surface area contributed by atoms with Crippen molar-refractivity contribution in [2.45, 2.75) is 63.1 Å². The molecule has 0 aromatic carbocycles. The molecule has 0 unspecified atom stereocenters. The van der Waals surface area contributed by atoms with E-state index in [-0.39, 0.29) is 17.6 Å². The quantitative estimate of drug-likeness (QED) is 0.541. The van der Waals surface area contributed by atoms with Gasteiger partial charge in [-0.25, -0.2) is 4.79 Å². The van der Waals surface area contributed by atoms with Crippen LogP contribution in [0.3, 0.4) is 0 Å². The van der Waals surface area contributed by atoms with Crippen LogP contribution in [0.25, 0.3) is 0 Å². The normalized spacial score (nSPS) is 16.3. The monoisotopic (exact) mass is 420 g/mol. The second-order valence-electron chi connectivity index (χ2n) is 7.09. The highest BCUT2D eigenvalue weighted by molar-refractivity contribution is 7.99. The van der Waals surface area contributed by atoms with Crippen molar-refractivity contribution in [3.8, 4) is 0 Å². The number of rotatable bonds is 7.